The van der Waals surface area contributed by atoms with Crippen LogP contribution in [0.2, 0.25) is 0 Å². The fourth-order valence-corrected chi connectivity index (χ4v) is 1.87. The van der Waals surface area contributed by atoms with Gasteiger partial charge in [0.15, 0.2) is 0 Å². The van der Waals surface area contributed by atoms with Crippen molar-refractivity contribution < 1.29 is 8.39 Å². The Kier molecular flexibility index (Phi) is 4.21. The first-order valence-electron chi connectivity index (χ1n) is 4.51. The molecule has 0 saturated carbocycles. The maximum atomic E-state index is 12.6. The number of allylic oxidation sites excluding steroid dienone is 1. The fourth-order valence-electron chi connectivity index (χ4n) is 1.33. The maximum absolute atomic E-state index is 12.6. The molecule has 0 aliphatic heterocycles. The molecule has 76 valence electrons. The molecule has 14 heavy (non-hydrogen) atoms. The summed E-state index contributed by atoms with van der Waals surface area (Å²) in [5, 5.41) is 0. The van der Waals surface area contributed by atoms with E-state index in [4.69, 9.17) is 0 Å². The summed E-state index contributed by atoms with van der Waals surface area (Å²) in [6, 6.07) is 7.34. The van der Waals surface area contributed by atoms with Gasteiger partial charge >= 0.3 is 0 Å². The van der Waals surface area contributed by atoms with Crippen molar-refractivity contribution in [2.24, 2.45) is 0 Å². The van der Waals surface area contributed by atoms with Crippen molar-refractivity contribution in [2.45, 2.75) is 19.0 Å². The molecule has 1 unspecified atom stereocenters. The highest BCUT2D eigenvalue weighted by atomic mass is 31.2. The summed E-state index contributed by atoms with van der Waals surface area (Å²) in [7, 11) is -2.98. The third-order valence-electron chi connectivity index (χ3n) is 2.13. The first-order valence-corrected chi connectivity index (χ1v) is 5.70. The Labute approximate surface area is 84.6 Å². The topological polar surface area (TPSA) is 0 Å². The molecule has 1 atom stereocenters. The molecule has 1 aromatic carbocycles. The van der Waals surface area contributed by atoms with Crippen LogP contribution in [0.4, 0.5) is 8.39 Å². The van der Waals surface area contributed by atoms with Gasteiger partial charge in [-0.1, -0.05) is 37.3 Å². The second kappa shape index (κ2) is 5.21. The van der Waals surface area contributed by atoms with E-state index in [1.165, 1.54) is 6.08 Å². The minimum absolute atomic E-state index is 0.676. The summed E-state index contributed by atoms with van der Waals surface area (Å²) < 4.78 is 25.2. The van der Waals surface area contributed by atoms with E-state index in [2.05, 4.69) is 6.58 Å². The summed E-state index contributed by atoms with van der Waals surface area (Å²) in [6.45, 7) is 5.46. The molecule has 0 amide bonds. The summed E-state index contributed by atoms with van der Waals surface area (Å²) in [5.41, 5.74) is 0.984. The van der Waals surface area contributed by atoms with E-state index in [-0.39, 0.29) is 0 Å². The molecule has 0 nitrogen and oxygen atoms in total. The van der Waals surface area contributed by atoms with E-state index in [1.807, 2.05) is 25.1 Å². The Morgan fingerprint density at radius 2 is 2.21 bits per heavy atom. The Bertz CT molecular complexity index is 310. The summed E-state index contributed by atoms with van der Waals surface area (Å²) in [4.78, 5) is 0. The number of hydrogen-bond acceptors (Lipinski definition) is 0. The number of aryl methyl sites for hydroxylation is 1. The molecule has 0 saturated heterocycles. The zero-order valence-corrected chi connectivity index (χ0v) is 8.98. The van der Waals surface area contributed by atoms with Crippen LogP contribution in [0.1, 0.15) is 23.7 Å². The fraction of sp³-hybridized carbons (Fsp3) is 0.273. The monoisotopic (exact) mass is 214 g/mol. The second-order valence-corrected chi connectivity index (χ2v) is 4.11. The molecule has 0 heterocycles. The molecular weight excluding hydrogens is 201 g/mol. The first kappa shape index (κ1) is 11.3. The maximum Gasteiger partial charge on any atom is 0.277 e. The molecule has 3 heteroatoms. The van der Waals surface area contributed by atoms with Gasteiger partial charge < -0.3 is 0 Å². The van der Waals surface area contributed by atoms with Crippen molar-refractivity contribution in [3.05, 3.63) is 48.0 Å². The molecule has 0 bridgehead atoms. The first-order chi connectivity index (χ1) is 6.69. The molecule has 0 aliphatic rings. The van der Waals surface area contributed by atoms with Gasteiger partial charge in [-0.3, -0.25) is 0 Å². The van der Waals surface area contributed by atoms with Crippen LogP contribution in [0.25, 0.3) is 0 Å². The van der Waals surface area contributed by atoms with Gasteiger partial charge in [-0.25, -0.2) is 0 Å². The molecule has 0 N–H and O–H groups in total. The third-order valence-corrected chi connectivity index (χ3v) is 3.06. The van der Waals surface area contributed by atoms with E-state index in [1.54, 1.807) is 6.07 Å². The predicted octanol–water partition coefficient (Wildman–Crippen LogP) is 4.73. The van der Waals surface area contributed by atoms with Crippen LogP contribution in [0, 0.1) is 0 Å². The van der Waals surface area contributed by atoms with Gasteiger partial charge in [-0.05, 0) is 17.5 Å². The zero-order valence-electron chi connectivity index (χ0n) is 8.08. The average Bonchev–Trinajstić information content (AvgIpc) is 2.19. The molecule has 0 radical (unpaired) electrons. The summed E-state index contributed by atoms with van der Waals surface area (Å²) in [6.07, 6.45) is 2.20. The highest BCUT2D eigenvalue weighted by molar-refractivity contribution is 7.47. The minimum Gasteiger partial charge on any atom is -0.188 e. The lowest BCUT2D eigenvalue weighted by Gasteiger charge is -2.11. The zero-order chi connectivity index (χ0) is 10.6. The second-order valence-electron chi connectivity index (χ2n) is 3.04. The van der Waals surface area contributed by atoms with Crippen molar-refractivity contribution in [3.8, 4) is 0 Å². The van der Waals surface area contributed by atoms with Crippen LogP contribution in [0.15, 0.2) is 36.9 Å². The lowest BCUT2D eigenvalue weighted by molar-refractivity contribution is 0.726. The van der Waals surface area contributed by atoms with E-state index in [0.29, 0.717) is 5.56 Å². The van der Waals surface area contributed by atoms with Gasteiger partial charge in [0.2, 0.25) is 0 Å². The van der Waals surface area contributed by atoms with E-state index >= 15 is 0 Å². The van der Waals surface area contributed by atoms with Crippen LogP contribution in [0.3, 0.4) is 0 Å². The van der Waals surface area contributed by atoms with Crippen molar-refractivity contribution in [1.82, 2.24) is 0 Å². The number of halogens is 2. The lowest BCUT2D eigenvalue weighted by Crippen LogP contribution is -1.90. The molecular formula is C11H13F2P. The van der Waals surface area contributed by atoms with Gasteiger partial charge in [0.05, 0.1) is 5.66 Å². The molecule has 0 fully saturated rings. The third kappa shape index (κ3) is 2.62. The molecule has 0 aromatic heterocycles. The van der Waals surface area contributed by atoms with Crippen LogP contribution in [0.5, 0.6) is 0 Å². The Balaban J connectivity index is 2.98. The Morgan fingerprint density at radius 3 is 2.71 bits per heavy atom. The smallest absolute Gasteiger partial charge is 0.188 e. The van der Waals surface area contributed by atoms with E-state index in [0.717, 1.165) is 12.0 Å². The largest absolute Gasteiger partial charge is 0.277 e. The van der Waals surface area contributed by atoms with E-state index < -0.39 is 14.2 Å². The SMILES string of the molecule is C=CC(c1cccc(CC)c1)P(F)F. The van der Waals surface area contributed by atoms with Crippen LogP contribution < -0.4 is 0 Å². The highest BCUT2D eigenvalue weighted by Crippen LogP contribution is 2.54. The van der Waals surface area contributed by atoms with Crippen LogP contribution >= 0.6 is 8.54 Å². The molecule has 0 spiro atoms. The lowest BCUT2D eigenvalue weighted by atomic mass is 10.1. The van der Waals surface area contributed by atoms with Gasteiger partial charge in [-0.15, -0.1) is 6.58 Å². The molecule has 0 aliphatic carbocycles. The summed E-state index contributed by atoms with van der Waals surface area (Å²) in [5.74, 6) is 0. The van der Waals surface area contributed by atoms with Crippen molar-refractivity contribution in [2.75, 3.05) is 0 Å². The van der Waals surface area contributed by atoms with Crippen LogP contribution in [-0.2, 0) is 6.42 Å². The molecule has 1 aromatic rings. The highest BCUT2D eigenvalue weighted by Gasteiger charge is 2.20. The van der Waals surface area contributed by atoms with Crippen molar-refractivity contribution >= 4 is 8.54 Å². The minimum atomic E-state index is -2.98. The average molecular weight is 214 g/mol. The Morgan fingerprint density at radius 1 is 1.50 bits per heavy atom. The number of benzene rings is 1. The normalized spacial score (nSPS) is 12.9. The molecule has 1 rings (SSSR count). The predicted molar refractivity (Wildman–Crippen MR) is 57.9 cm³/mol. The van der Waals surface area contributed by atoms with E-state index in [9.17, 15) is 8.39 Å². The standard InChI is InChI=1S/C11H13F2P/c1-3-9-6-5-7-10(8-9)11(4-2)14(12)13/h4-8,11H,2-3H2,1H3. The summed E-state index contributed by atoms with van der Waals surface area (Å²) >= 11 is 0. The quantitative estimate of drug-likeness (QED) is 0.502. The van der Waals surface area contributed by atoms with Gasteiger partial charge in [0.25, 0.3) is 8.54 Å². The van der Waals surface area contributed by atoms with Crippen LogP contribution in [-0.4, -0.2) is 0 Å². The van der Waals surface area contributed by atoms with Crippen molar-refractivity contribution in [1.29, 1.82) is 0 Å². The van der Waals surface area contributed by atoms with Gasteiger partial charge in [-0.2, -0.15) is 8.39 Å². The Hall–Kier alpha value is -0.750. The van der Waals surface area contributed by atoms with Gasteiger partial charge in [0, 0.05) is 0 Å². The number of hydrogen-bond donors (Lipinski definition) is 0. The number of rotatable bonds is 4. The van der Waals surface area contributed by atoms with Crippen molar-refractivity contribution in [3.63, 3.8) is 0 Å². The van der Waals surface area contributed by atoms with Gasteiger partial charge in [0.1, 0.15) is 0 Å².